The minimum atomic E-state index is -1.73. The first-order valence-corrected chi connectivity index (χ1v) is 31.0. The van der Waals surface area contributed by atoms with E-state index in [-0.39, 0.29) is 49.4 Å². The van der Waals surface area contributed by atoms with Crippen LogP contribution in [0.4, 0.5) is 0 Å². The molecule has 0 aromatic rings. The Morgan fingerprint density at radius 2 is 0.814 bits per heavy atom. The Bertz CT molecular complexity index is 2310. The first-order valence-electron chi connectivity index (χ1n) is 31.0. The van der Waals surface area contributed by atoms with Crippen LogP contribution >= 0.6 is 0 Å². The molecule has 0 saturated carbocycles. The predicted molar refractivity (Wildman–Crippen MR) is 330 cm³/mol. The van der Waals surface area contributed by atoms with Crippen molar-refractivity contribution in [1.82, 2.24) is 55.6 Å². The number of amides is 11. The van der Waals surface area contributed by atoms with Crippen molar-refractivity contribution in [2.45, 2.75) is 235 Å². The fourth-order valence-corrected chi connectivity index (χ4v) is 10.9. The van der Waals surface area contributed by atoms with Crippen molar-refractivity contribution in [3.05, 3.63) is 0 Å². The molecule has 0 aliphatic carbocycles. The number of aliphatic hydroxyl groups excluding tert-OH is 2. The second-order valence-corrected chi connectivity index (χ2v) is 26.7. The topological polar surface area (TPSA) is 299 Å². The van der Waals surface area contributed by atoms with Gasteiger partial charge in [-0.05, 0) is 94.3 Å². The van der Waals surface area contributed by atoms with Crippen LogP contribution in [0, 0.1) is 41.4 Å². The van der Waals surface area contributed by atoms with Crippen molar-refractivity contribution in [3.63, 3.8) is 0 Å². The molecule has 86 heavy (non-hydrogen) atoms. The normalized spacial score (nSPS) is 27.0. The highest BCUT2D eigenvalue weighted by Gasteiger charge is 2.46. The largest absolute Gasteiger partial charge is 0.391 e. The molecule has 0 radical (unpaired) electrons. The predicted octanol–water partition coefficient (Wildman–Crippen LogP) is 2.46. The van der Waals surface area contributed by atoms with Gasteiger partial charge >= 0.3 is 0 Å². The van der Waals surface area contributed by atoms with Gasteiger partial charge in [0.15, 0.2) is 0 Å². The molecule has 0 bridgehead atoms. The van der Waals surface area contributed by atoms with Crippen molar-refractivity contribution in [1.29, 1.82) is 0 Å². The molecule has 13 atom stereocenters. The summed E-state index contributed by atoms with van der Waals surface area (Å²) in [7, 11) is 9.68. The second-order valence-electron chi connectivity index (χ2n) is 26.7. The van der Waals surface area contributed by atoms with Gasteiger partial charge in [-0.25, -0.2) is 0 Å². The van der Waals surface area contributed by atoms with Crippen molar-refractivity contribution in [2.75, 3.05) is 55.9 Å². The summed E-state index contributed by atoms with van der Waals surface area (Å²) in [4.78, 5) is 168. The molecule has 0 spiro atoms. The second kappa shape index (κ2) is 35.2. The summed E-state index contributed by atoms with van der Waals surface area (Å²) in [6, 6.07) is -13.1. The summed E-state index contributed by atoms with van der Waals surface area (Å²) in [5.74, 6) is -10.5. The lowest BCUT2D eigenvalue weighted by atomic mass is 9.90. The molecule has 11 amide bonds. The Hall–Kier alpha value is -5.91. The molecule has 494 valence electrons. The first kappa shape index (κ1) is 78.1. The average Bonchev–Trinajstić information content (AvgIpc) is 2.16. The minimum absolute atomic E-state index is 0.117. The molecule has 1 saturated heterocycles. The highest BCUT2D eigenvalue weighted by molar-refractivity contribution is 5.99. The molecule has 24 heteroatoms. The third-order valence-electron chi connectivity index (χ3n) is 16.4. The molecule has 24 nitrogen and oxygen atoms in total. The van der Waals surface area contributed by atoms with Crippen molar-refractivity contribution < 1.29 is 63.0 Å². The quantitative estimate of drug-likeness (QED) is 0.130. The summed E-state index contributed by atoms with van der Waals surface area (Å²) in [6.45, 7) is 28.8. The maximum Gasteiger partial charge on any atom is 0.248 e. The van der Waals surface area contributed by atoms with Crippen molar-refractivity contribution in [3.8, 4) is 0 Å². The van der Waals surface area contributed by atoms with Crippen LogP contribution < -0.4 is 21.3 Å². The van der Waals surface area contributed by atoms with Crippen LogP contribution in [-0.4, -0.2) is 238 Å². The fourth-order valence-electron chi connectivity index (χ4n) is 10.9. The SMILES string of the molecule is CCCC[C@H](C)[C@H](O)[C@@H]1C(=O)N[C@H]([C@H](C)O)C(=O)N(C)CC(=O)N(C)[C@H](CC(C)C)C(=O)N[C@H](C(C)C)C(=O)N(C)[C@H](CC(C)C)C(=O)N[C@@H](C)C(=O)N[C@@H](C)C(=O)N(C)[C@@H](CC(C)C)C(=O)N(C)[C@@H](CC(C)C)C(=O)N(C)[C@@H](C(C)C)C(=O)N1C. The minimum Gasteiger partial charge on any atom is -0.391 e. The van der Waals surface area contributed by atoms with Crippen LogP contribution in [0.1, 0.15) is 163 Å². The zero-order valence-electron chi connectivity index (χ0n) is 56.6. The van der Waals surface area contributed by atoms with Crippen molar-refractivity contribution in [2.24, 2.45) is 41.4 Å². The number of carbonyl (C=O) groups excluding carboxylic acids is 11. The lowest BCUT2D eigenvalue weighted by Gasteiger charge is -2.41. The Balaban J connectivity index is 4.36. The number of carbonyl (C=O) groups is 11. The first-order chi connectivity index (χ1) is 39.6. The molecule has 1 aliphatic rings. The third-order valence-corrected chi connectivity index (χ3v) is 16.4. The van der Waals surface area contributed by atoms with E-state index in [9.17, 15) is 53.4 Å². The highest BCUT2D eigenvalue weighted by Crippen LogP contribution is 2.26. The fraction of sp³-hybridized carbons (Fsp3) is 0.823. The standard InChI is InChI=1S/C62H113N11O13/c1-25-26-27-39(14)52(76)51-56(80)66-49(42(17)74)60(84)67(18)32-47(75)68(19)43(28-33(2)3)55(79)65-48(37(10)11)61(85)69(20)44(29-34(4)5)54(78)63-40(15)53(77)64-41(16)57(81)70(21)45(30-35(6)7)58(82)71(22)46(31-36(8)9)59(83)72(23)50(38(12)13)62(86)73(51)24/h33-46,48-52,74,76H,25-32H2,1-24H3,(H,63,78)(H,64,77)(H,65,79)(H,66,80)/t39-,40-,41-,42-,43+,44+,45-,46-,48+,49+,50-,51+,52-/m0/s1. The molecule has 0 aromatic heterocycles. The molecule has 1 aliphatic heterocycles. The molecule has 0 aromatic carbocycles. The van der Waals surface area contributed by atoms with E-state index in [4.69, 9.17) is 0 Å². The van der Waals surface area contributed by atoms with Gasteiger partial charge in [0, 0.05) is 49.3 Å². The molecular formula is C62H113N11O13. The van der Waals surface area contributed by atoms with Gasteiger partial charge in [0.05, 0.1) is 18.8 Å². The number of aliphatic hydroxyl groups is 2. The third kappa shape index (κ3) is 21.7. The van der Waals surface area contributed by atoms with Crippen LogP contribution in [0.3, 0.4) is 0 Å². The van der Waals surface area contributed by atoms with Crippen LogP contribution in [0.25, 0.3) is 0 Å². The Labute approximate surface area is 514 Å². The Morgan fingerprint density at radius 1 is 0.419 bits per heavy atom. The Kier molecular flexibility index (Phi) is 31.9. The van der Waals surface area contributed by atoms with Crippen LogP contribution in [0.2, 0.25) is 0 Å². The molecule has 1 fully saturated rings. The van der Waals surface area contributed by atoms with E-state index >= 15 is 9.59 Å². The summed E-state index contributed by atoms with van der Waals surface area (Å²) in [5.41, 5.74) is 0. The van der Waals surface area contributed by atoms with Gasteiger partial charge in [0.1, 0.15) is 60.4 Å². The maximum absolute atomic E-state index is 15.2. The van der Waals surface area contributed by atoms with Crippen LogP contribution in [0.5, 0.6) is 0 Å². The number of nitrogens with one attached hydrogen (secondary N) is 4. The van der Waals surface area contributed by atoms with Crippen LogP contribution in [0.15, 0.2) is 0 Å². The maximum atomic E-state index is 15.2. The van der Waals surface area contributed by atoms with E-state index in [0.717, 1.165) is 21.1 Å². The molecule has 6 N–H and O–H groups in total. The zero-order valence-corrected chi connectivity index (χ0v) is 56.6. The van der Waals surface area contributed by atoms with Gasteiger partial charge < -0.3 is 65.8 Å². The lowest BCUT2D eigenvalue weighted by Crippen LogP contribution is -2.64. The van der Waals surface area contributed by atoms with E-state index in [0.29, 0.717) is 12.8 Å². The summed E-state index contributed by atoms with van der Waals surface area (Å²) >= 11 is 0. The highest BCUT2D eigenvalue weighted by atomic mass is 16.3. The number of rotatable bonds is 16. The summed E-state index contributed by atoms with van der Waals surface area (Å²) < 4.78 is 0. The van der Waals surface area contributed by atoms with E-state index in [1.165, 1.54) is 89.7 Å². The average molecular weight is 1220 g/mol. The van der Waals surface area contributed by atoms with E-state index in [1.807, 2.05) is 62.3 Å². The van der Waals surface area contributed by atoms with Gasteiger partial charge in [-0.3, -0.25) is 52.7 Å². The van der Waals surface area contributed by atoms with E-state index < -0.39 is 162 Å². The van der Waals surface area contributed by atoms with Gasteiger partial charge in [-0.1, -0.05) is 110 Å². The van der Waals surface area contributed by atoms with Crippen molar-refractivity contribution >= 4 is 65.0 Å². The number of nitrogens with zero attached hydrogens (tertiary/aromatic N) is 7. The van der Waals surface area contributed by atoms with Gasteiger partial charge in [-0.15, -0.1) is 0 Å². The molecule has 0 unspecified atom stereocenters. The van der Waals surface area contributed by atoms with Crippen LogP contribution in [-0.2, 0) is 52.7 Å². The number of hydrogen-bond acceptors (Lipinski definition) is 13. The van der Waals surface area contributed by atoms with E-state index in [1.54, 1.807) is 34.6 Å². The van der Waals surface area contributed by atoms with Gasteiger partial charge in [-0.2, -0.15) is 0 Å². The lowest BCUT2D eigenvalue weighted by molar-refractivity contribution is -0.157. The van der Waals surface area contributed by atoms with Gasteiger partial charge in [0.25, 0.3) is 0 Å². The molecule has 1 rings (SSSR count). The van der Waals surface area contributed by atoms with Gasteiger partial charge in [0.2, 0.25) is 65.0 Å². The molecular weight excluding hydrogens is 1110 g/mol. The number of hydrogen-bond donors (Lipinski definition) is 6. The summed E-state index contributed by atoms with van der Waals surface area (Å²) in [6.07, 6.45) is -0.752. The zero-order chi connectivity index (χ0) is 66.8. The Morgan fingerprint density at radius 3 is 1.26 bits per heavy atom. The smallest absolute Gasteiger partial charge is 0.248 e. The summed E-state index contributed by atoms with van der Waals surface area (Å²) in [5, 5.41) is 34.1. The number of unbranched alkanes of at least 4 members (excludes halogenated alkanes) is 1. The monoisotopic (exact) mass is 1220 g/mol. The molecule has 1 heterocycles. The number of likely N-dealkylation sites (N-methyl/N-ethyl adjacent to an activating group) is 7. The van der Waals surface area contributed by atoms with E-state index in [2.05, 4.69) is 21.3 Å².